The molecule has 1 aromatic heterocycles. The van der Waals surface area contributed by atoms with Crippen LogP contribution in [0.25, 0.3) is 11.3 Å². The molecular formula is C19H20Cl2N4O. The number of amides is 1. The van der Waals surface area contributed by atoms with Gasteiger partial charge in [0, 0.05) is 30.3 Å². The summed E-state index contributed by atoms with van der Waals surface area (Å²) in [6.07, 6.45) is 2.22. The molecule has 2 aromatic rings. The van der Waals surface area contributed by atoms with Crippen molar-refractivity contribution in [1.29, 1.82) is 0 Å². The van der Waals surface area contributed by atoms with Gasteiger partial charge in [0.1, 0.15) is 5.69 Å². The number of halogens is 2. The molecule has 2 aliphatic heterocycles. The van der Waals surface area contributed by atoms with Crippen LogP contribution in [0.5, 0.6) is 0 Å². The fourth-order valence-electron chi connectivity index (χ4n) is 3.56. The molecule has 1 saturated heterocycles. The second-order valence-corrected chi connectivity index (χ2v) is 7.81. The van der Waals surface area contributed by atoms with Crippen molar-refractivity contribution in [2.75, 3.05) is 18.0 Å². The summed E-state index contributed by atoms with van der Waals surface area (Å²) in [4.78, 5) is 26.3. The van der Waals surface area contributed by atoms with Crippen LogP contribution in [0.2, 0.25) is 10.0 Å². The standard InChI is InChI=1S/C19H20Cl2N4O/c1-11(2)25-10-13-16(12-6-5-7-14(20)15(12)21)22-19(23-17(13)18(25)26)24-8-3-4-9-24/h5-7,11H,3-4,8-10H2,1-2H3. The van der Waals surface area contributed by atoms with Gasteiger partial charge in [-0.05, 0) is 32.8 Å². The topological polar surface area (TPSA) is 49.3 Å². The van der Waals surface area contributed by atoms with Gasteiger partial charge < -0.3 is 9.80 Å². The van der Waals surface area contributed by atoms with Crippen LogP contribution in [0.15, 0.2) is 18.2 Å². The van der Waals surface area contributed by atoms with Crippen LogP contribution in [-0.4, -0.2) is 39.9 Å². The summed E-state index contributed by atoms with van der Waals surface area (Å²) in [5.41, 5.74) is 2.77. The number of hydrogen-bond acceptors (Lipinski definition) is 4. The van der Waals surface area contributed by atoms with Crippen LogP contribution in [0.4, 0.5) is 5.95 Å². The van der Waals surface area contributed by atoms with Crippen molar-refractivity contribution >= 4 is 35.1 Å². The highest BCUT2D eigenvalue weighted by molar-refractivity contribution is 6.43. The molecule has 3 heterocycles. The first-order valence-corrected chi connectivity index (χ1v) is 9.64. The smallest absolute Gasteiger partial charge is 0.273 e. The molecular weight excluding hydrogens is 371 g/mol. The number of benzene rings is 1. The number of anilines is 1. The molecule has 0 atom stereocenters. The van der Waals surface area contributed by atoms with E-state index in [-0.39, 0.29) is 11.9 Å². The second kappa shape index (κ2) is 6.71. The molecule has 1 fully saturated rings. The maximum Gasteiger partial charge on any atom is 0.273 e. The average Bonchev–Trinajstić information content (AvgIpc) is 3.25. The van der Waals surface area contributed by atoms with Gasteiger partial charge in [0.15, 0.2) is 0 Å². The van der Waals surface area contributed by atoms with Crippen LogP contribution in [0, 0.1) is 0 Å². The van der Waals surface area contributed by atoms with Gasteiger partial charge in [-0.15, -0.1) is 0 Å². The third kappa shape index (κ3) is 2.83. The Bertz CT molecular complexity index is 878. The number of aromatic nitrogens is 2. The van der Waals surface area contributed by atoms with Gasteiger partial charge in [-0.1, -0.05) is 35.3 Å². The van der Waals surface area contributed by atoms with Gasteiger partial charge in [0.2, 0.25) is 5.95 Å². The van der Waals surface area contributed by atoms with E-state index in [1.165, 1.54) is 0 Å². The van der Waals surface area contributed by atoms with Gasteiger partial charge >= 0.3 is 0 Å². The fourth-order valence-corrected chi connectivity index (χ4v) is 3.95. The van der Waals surface area contributed by atoms with E-state index in [1.807, 2.05) is 30.9 Å². The first-order valence-electron chi connectivity index (χ1n) is 8.88. The minimum absolute atomic E-state index is 0.0442. The Balaban J connectivity index is 1.91. The normalized spacial score (nSPS) is 16.7. The van der Waals surface area contributed by atoms with Crippen LogP contribution in [-0.2, 0) is 6.54 Å². The summed E-state index contributed by atoms with van der Waals surface area (Å²) < 4.78 is 0. The first-order chi connectivity index (χ1) is 12.5. The molecule has 0 spiro atoms. The quantitative estimate of drug-likeness (QED) is 0.778. The Morgan fingerprint density at radius 3 is 2.46 bits per heavy atom. The summed E-state index contributed by atoms with van der Waals surface area (Å²) in [6.45, 7) is 6.31. The molecule has 0 unspecified atom stereocenters. The lowest BCUT2D eigenvalue weighted by Crippen LogP contribution is -2.31. The summed E-state index contributed by atoms with van der Waals surface area (Å²) >= 11 is 12.7. The maximum absolute atomic E-state index is 12.9. The van der Waals surface area contributed by atoms with Crippen LogP contribution >= 0.6 is 23.2 Å². The van der Waals surface area contributed by atoms with E-state index in [0.29, 0.717) is 33.9 Å². The molecule has 4 rings (SSSR count). The van der Waals surface area contributed by atoms with E-state index in [2.05, 4.69) is 9.88 Å². The minimum atomic E-state index is -0.0442. The van der Waals surface area contributed by atoms with Crippen molar-refractivity contribution in [2.24, 2.45) is 0 Å². The summed E-state index contributed by atoms with van der Waals surface area (Å²) in [7, 11) is 0. The highest BCUT2D eigenvalue weighted by Crippen LogP contribution is 2.38. The lowest BCUT2D eigenvalue weighted by atomic mass is 10.1. The highest BCUT2D eigenvalue weighted by Gasteiger charge is 2.35. The van der Waals surface area contributed by atoms with Gasteiger partial charge in [-0.25, -0.2) is 9.97 Å². The van der Waals surface area contributed by atoms with Gasteiger partial charge in [-0.3, -0.25) is 4.79 Å². The number of carbonyl (C=O) groups is 1. The van der Waals surface area contributed by atoms with E-state index in [9.17, 15) is 4.79 Å². The summed E-state index contributed by atoms with van der Waals surface area (Å²) in [6, 6.07) is 5.59. The number of fused-ring (bicyclic) bond motifs is 1. The van der Waals surface area contributed by atoms with E-state index < -0.39 is 0 Å². The zero-order valence-corrected chi connectivity index (χ0v) is 16.3. The number of hydrogen-bond donors (Lipinski definition) is 0. The molecule has 0 aliphatic carbocycles. The van der Waals surface area contributed by atoms with Crippen molar-refractivity contribution < 1.29 is 4.79 Å². The van der Waals surface area contributed by atoms with Crippen LogP contribution in [0.1, 0.15) is 42.7 Å². The summed E-state index contributed by atoms with van der Waals surface area (Å²) in [5.74, 6) is 0.559. The Hall–Kier alpha value is -1.85. The molecule has 0 bridgehead atoms. The van der Waals surface area contributed by atoms with E-state index in [0.717, 1.165) is 37.1 Å². The van der Waals surface area contributed by atoms with Crippen molar-refractivity contribution in [3.63, 3.8) is 0 Å². The number of carbonyl (C=O) groups excluding carboxylic acids is 1. The third-order valence-electron chi connectivity index (χ3n) is 5.01. The number of nitrogens with zero attached hydrogens (tertiary/aromatic N) is 4. The Morgan fingerprint density at radius 2 is 1.77 bits per heavy atom. The zero-order chi connectivity index (χ0) is 18.4. The molecule has 1 amide bonds. The molecule has 2 aliphatic rings. The molecule has 136 valence electrons. The average molecular weight is 391 g/mol. The lowest BCUT2D eigenvalue weighted by Gasteiger charge is -2.19. The van der Waals surface area contributed by atoms with Crippen LogP contribution < -0.4 is 4.90 Å². The molecule has 0 saturated carbocycles. The largest absolute Gasteiger partial charge is 0.341 e. The first kappa shape index (κ1) is 17.6. The van der Waals surface area contributed by atoms with Crippen LogP contribution in [0.3, 0.4) is 0 Å². The maximum atomic E-state index is 12.9. The molecule has 26 heavy (non-hydrogen) atoms. The van der Waals surface area contributed by atoms with Gasteiger partial charge in [0.25, 0.3) is 5.91 Å². The SMILES string of the molecule is CC(C)N1Cc2c(nc(N3CCCC3)nc2-c2cccc(Cl)c2Cl)C1=O. The molecule has 0 radical (unpaired) electrons. The minimum Gasteiger partial charge on any atom is -0.341 e. The monoisotopic (exact) mass is 390 g/mol. The third-order valence-corrected chi connectivity index (χ3v) is 5.83. The lowest BCUT2D eigenvalue weighted by molar-refractivity contribution is 0.0726. The summed E-state index contributed by atoms with van der Waals surface area (Å²) in [5, 5.41) is 0.933. The van der Waals surface area contributed by atoms with Crippen molar-refractivity contribution in [2.45, 2.75) is 39.3 Å². The van der Waals surface area contributed by atoms with E-state index >= 15 is 0 Å². The zero-order valence-electron chi connectivity index (χ0n) is 14.8. The highest BCUT2D eigenvalue weighted by atomic mass is 35.5. The molecule has 7 heteroatoms. The fraction of sp³-hybridized carbons (Fsp3) is 0.421. The molecule has 5 nitrogen and oxygen atoms in total. The van der Waals surface area contributed by atoms with E-state index in [4.69, 9.17) is 28.2 Å². The Morgan fingerprint density at radius 1 is 1.08 bits per heavy atom. The van der Waals surface area contributed by atoms with Crippen molar-refractivity contribution in [1.82, 2.24) is 14.9 Å². The van der Waals surface area contributed by atoms with E-state index in [1.54, 1.807) is 6.07 Å². The Labute approximate surface area is 162 Å². The number of rotatable bonds is 3. The molecule has 1 aromatic carbocycles. The Kier molecular flexibility index (Phi) is 4.53. The van der Waals surface area contributed by atoms with Crippen molar-refractivity contribution in [3.05, 3.63) is 39.5 Å². The molecule has 0 N–H and O–H groups in total. The van der Waals surface area contributed by atoms with Gasteiger partial charge in [0.05, 0.1) is 22.3 Å². The second-order valence-electron chi connectivity index (χ2n) is 7.02. The predicted molar refractivity (Wildman–Crippen MR) is 104 cm³/mol. The van der Waals surface area contributed by atoms with Gasteiger partial charge in [-0.2, -0.15) is 0 Å². The predicted octanol–water partition coefficient (Wildman–Crippen LogP) is 4.41. The van der Waals surface area contributed by atoms with Crippen molar-refractivity contribution in [3.8, 4) is 11.3 Å².